The Bertz CT molecular complexity index is 1330. The first-order valence-electron chi connectivity index (χ1n) is 12.8. The number of benzene rings is 1. The molecule has 11 heteroatoms. The molecule has 1 aliphatic rings. The minimum Gasteiger partial charge on any atom is -0.492 e. The Morgan fingerprint density at radius 2 is 1.92 bits per heavy atom. The van der Waals surface area contributed by atoms with Gasteiger partial charge >= 0.3 is 6.18 Å². The Balaban J connectivity index is 1.64. The second-order valence-corrected chi connectivity index (χ2v) is 9.77. The standard InChI is InChI=1S/C27H32F3N5O3/c1-18(2)32-23(36)17-35-25(19-8-6-9-20(14-19)27(28,29)30)33-24-22(26(35)37)15-21(16-31-24)38-13-7-12-34-10-4-3-5-11-34/h6,8-9,14-16,18H,3-5,7,10-13,17H2,1-2H3,(H,32,36). The number of hydrogen-bond donors (Lipinski definition) is 1. The number of ether oxygens (including phenoxy) is 1. The maximum absolute atomic E-state index is 13.5. The molecule has 0 radical (unpaired) electrons. The molecular weight excluding hydrogens is 499 g/mol. The molecule has 1 fully saturated rings. The number of pyridine rings is 1. The molecule has 1 saturated heterocycles. The third-order valence-electron chi connectivity index (χ3n) is 6.32. The normalized spacial score (nSPS) is 14.7. The highest BCUT2D eigenvalue weighted by Gasteiger charge is 2.31. The van der Waals surface area contributed by atoms with Crippen molar-refractivity contribution in [1.29, 1.82) is 0 Å². The average molecular weight is 532 g/mol. The number of amides is 1. The lowest BCUT2D eigenvalue weighted by atomic mass is 10.1. The molecule has 0 atom stereocenters. The lowest BCUT2D eigenvalue weighted by molar-refractivity contribution is -0.137. The average Bonchev–Trinajstić information content (AvgIpc) is 2.88. The summed E-state index contributed by atoms with van der Waals surface area (Å²) in [5.41, 5.74) is -1.36. The molecule has 0 saturated carbocycles. The summed E-state index contributed by atoms with van der Waals surface area (Å²) in [5, 5.41) is 2.82. The van der Waals surface area contributed by atoms with Gasteiger partial charge in [-0.15, -0.1) is 0 Å². The Morgan fingerprint density at radius 1 is 1.16 bits per heavy atom. The van der Waals surface area contributed by atoms with Crippen molar-refractivity contribution in [3.8, 4) is 17.1 Å². The molecule has 4 rings (SSSR count). The van der Waals surface area contributed by atoms with Gasteiger partial charge in [-0.1, -0.05) is 18.6 Å². The summed E-state index contributed by atoms with van der Waals surface area (Å²) < 4.78 is 47.0. The number of nitrogens with zero attached hydrogens (tertiary/aromatic N) is 4. The van der Waals surface area contributed by atoms with Crippen LogP contribution in [0.25, 0.3) is 22.4 Å². The van der Waals surface area contributed by atoms with Crippen molar-refractivity contribution in [2.45, 2.75) is 58.3 Å². The van der Waals surface area contributed by atoms with Gasteiger partial charge in [-0.2, -0.15) is 13.2 Å². The number of likely N-dealkylation sites (tertiary alicyclic amines) is 1. The van der Waals surface area contributed by atoms with Crippen LogP contribution in [0.1, 0.15) is 45.1 Å². The Labute approximate surface area is 218 Å². The monoisotopic (exact) mass is 531 g/mol. The molecular formula is C27H32F3N5O3. The smallest absolute Gasteiger partial charge is 0.416 e. The van der Waals surface area contributed by atoms with Gasteiger partial charge in [0.2, 0.25) is 5.91 Å². The molecule has 8 nitrogen and oxygen atoms in total. The summed E-state index contributed by atoms with van der Waals surface area (Å²) in [6.07, 6.45) is 1.39. The first-order valence-corrected chi connectivity index (χ1v) is 12.8. The van der Waals surface area contributed by atoms with Crippen LogP contribution in [0.2, 0.25) is 0 Å². The fourth-order valence-corrected chi connectivity index (χ4v) is 4.54. The predicted octanol–water partition coefficient (Wildman–Crippen LogP) is 4.26. The number of rotatable bonds is 9. The van der Waals surface area contributed by atoms with Crippen LogP contribution in [0, 0.1) is 0 Å². The van der Waals surface area contributed by atoms with E-state index >= 15 is 0 Å². The lowest BCUT2D eigenvalue weighted by Crippen LogP contribution is -2.37. The Hall–Kier alpha value is -3.47. The van der Waals surface area contributed by atoms with Crippen molar-refractivity contribution in [2.75, 3.05) is 26.2 Å². The fourth-order valence-electron chi connectivity index (χ4n) is 4.54. The largest absolute Gasteiger partial charge is 0.492 e. The first-order chi connectivity index (χ1) is 18.1. The number of hydrogen-bond acceptors (Lipinski definition) is 6. The minimum atomic E-state index is -4.58. The van der Waals surface area contributed by atoms with Crippen LogP contribution in [0.4, 0.5) is 13.2 Å². The number of carbonyl (C=O) groups is 1. The molecule has 1 aliphatic heterocycles. The van der Waals surface area contributed by atoms with E-state index in [0.717, 1.165) is 42.8 Å². The predicted molar refractivity (Wildman–Crippen MR) is 138 cm³/mol. The van der Waals surface area contributed by atoms with E-state index in [0.29, 0.717) is 12.4 Å². The fraction of sp³-hybridized carbons (Fsp3) is 0.481. The minimum absolute atomic E-state index is 0.0519. The van der Waals surface area contributed by atoms with Crippen LogP contribution >= 0.6 is 0 Å². The molecule has 1 N–H and O–H groups in total. The second kappa shape index (κ2) is 11.9. The number of halogens is 3. The van der Waals surface area contributed by atoms with Crippen molar-refractivity contribution in [3.63, 3.8) is 0 Å². The zero-order valence-corrected chi connectivity index (χ0v) is 21.6. The van der Waals surface area contributed by atoms with Crippen LogP contribution in [0.5, 0.6) is 5.75 Å². The van der Waals surface area contributed by atoms with Crippen LogP contribution in [-0.4, -0.2) is 57.6 Å². The summed E-state index contributed by atoms with van der Waals surface area (Å²) in [4.78, 5) is 37.2. The summed E-state index contributed by atoms with van der Waals surface area (Å²) in [5.74, 6) is -0.148. The Morgan fingerprint density at radius 3 is 2.63 bits per heavy atom. The molecule has 1 aromatic carbocycles. The van der Waals surface area contributed by atoms with Gasteiger partial charge in [0.1, 0.15) is 18.1 Å². The highest BCUT2D eigenvalue weighted by Crippen LogP contribution is 2.32. The summed E-state index contributed by atoms with van der Waals surface area (Å²) in [7, 11) is 0. The third kappa shape index (κ3) is 6.89. The SMILES string of the molecule is CC(C)NC(=O)Cn1c(-c2cccc(C(F)(F)F)c2)nc2ncc(OCCCN3CCCCC3)cc2c1=O. The summed E-state index contributed by atoms with van der Waals surface area (Å²) >= 11 is 0. The number of alkyl halides is 3. The number of aromatic nitrogens is 3. The molecule has 1 amide bonds. The van der Waals surface area contributed by atoms with E-state index in [9.17, 15) is 22.8 Å². The number of carbonyl (C=O) groups excluding carboxylic acids is 1. The van der Waals surface area contributed by atoms with Gasteiger partial charge in [-0.3, -0.25) is 14.2 Å². The van der Waals surface area contributed by atoms with Crippen molar-refractivity contribution in [2.24, 2.45) is 0 Å². The van der Waals surface area contributed by atoms with Crippen LogP contribution < -0.4 is 15.6 Å². The van der Waals surface area contributed by atoms with E-state index < -0.39 is 29.8 Å². The molecule has 0 spiro atoms. The van der Waals surface area contributed by atoms with Gasteiger partial charge in [-0.05, 0) is 64.4 Å². The topological polar surface area (TPSA) is 89.3 Å². The van der Waals surface area contributed by atoms with Crippen LogP contribution in [-0.2, 0) is 17.5 Å². The molecule has 2 aromatic heterocycles. The maximum Gasteiger partial charge on any atom is 0.416 e. The Kier molecular flexibility index (Phi) is 8.65. The van der Waals surface area contributed by atoms with E-state index in [1.165, 1.54) is 43.7 Å². The van der Waals surface area contributed by atoms with Gasteiger partial charge in [0.15, 0.2) is 5.65 Å². The van der Waals surface area contributed by atoms with Crippen LogP contribution in [0.15, 0.2) is 41.3 Å². The molecule has 0 aliphatic carbocycles. The van der Waals surface area contributed by atoms with Crippen molar-refractivity contribution < 1.29 is 22.7 Å². The molecule has 0 unspecified atom stereocenters. The van der Waals surface area contributed by atoms with Gasteiger partial charge < -0.3 is 15.0 Å². The van der Waals surface area contributed by atoms with Crippen molar-refractivity contribution >= 4 is 16.9 Å². The zero-order chi connectivity index (χ0) is 27.3. The van der Waals surface area contributed by atoms with Crippen molar-refractivity contribution in [1.82, 2.24) is 24.8 Å². The van der Waals surface area contributed by atoms with Gasteiger partial charge in [0.05, 0.1) is 23.8 Å². The maximum atomic E-state index is 13.5. The lowest BCUT2D eigenvalue weighted by Gasteiger charge is -2.26. The molecule has 0 bridgehead atoms. The van der Waals surface area contributed by atoms with Gasteiger partial charge in [0, 0.05) is 18.2 Å². The quantitative estimate of drug-likeness (QED) is 0.415. The number of fused-ring (bicyclic) bond motifs is 1. The number of piperidine rings is 1. The van der Waals surface area contributed by atoms with E-state index in [1.807, 2.05) is 0 Å². The summed E-state index contributed by atoms with van der Waals surface area (Å²) in [6.45, 7) is 6.71. The summed E-state index contributed by atoms with van der Waals surface area (Å²) in [6, 6.07) is 5.83. The highest BCUT2D eigenvalue weighted by molar-refractivity contribution is 5.80. The first kappa shape index (κ1) is 27.6. The second-order valence-electron chi connectivity index (χ2n) is 9.77. The molecule has 204 valence electrons. The van der Waals surface area contributed by atoms with E-state index in [4.69, 9.17) is 4.74 Å². The molecule has 3 heterocycles. The van der Waals surface area contributed by atoms with E-state index in [1.54, 1.807) is 13.8 Å². The van der Waals surface area contributed by atoms with E-state index in [2.05, 4.69) is 20.2 Å². The number of nitrogens with one attached hydrogen (secondary N) is 1. The van der Waals surface area contributed by atoms with Crippen LogP contribution in [0.3, 0.4) is 0 Å². The van der Waals surface area contributed by atoms with Gasteiger partial charge in [-0.25, -0.2) is 9.97 Å². The van der Waals surface area contributed by atoms with Crippen molar-refractivity contribution in [3.05, 3.63) is 52.4 Å². The van der Waals surface area contributed by atoms with Gasteiger partial charge in [0.25, 0.3) is 5.56 Å². The van der Waals surface area contributed by atoms with E-state index in [-0.39, 0.29) is 28.5 Å². The molecule has 38 heavy (non-hydrogen) atoms. The zero-order valence-electron chi connectivity index (χ0n) is 21.6. The third-order valence-corrected chi connectivity index (χ3v) is 6.32. The molecule has 3 aromatic rings. The highest BCUT2D eigenvalue weighted by atomic mass is 19.4.